The molecule has 5 nitrogen and oxygen atoms in total. The highest BCUT2D eigenvalue weighted by Crippen LogP contribution is 2.48. The lowest BCUT2D eigenvalue weighted by molar-refractivity contribution is 0.216. The van der Waals surface area contributed by atoms with Crippen molar-refractivity contribution in [2.45, 2.75) is 30.4 Å². The SMILES string of the molecule is CS(=O)(=O)Cc1noc(C2(c3ccccc3)CCC2)n1. The summed E-state index contributed by atoms with van der Waals surface area (Å²) >= 11 is 0. The summed E-state index contributed by atoms with van der Waals surface area (Å²) in [6.45, 7) is 0. The minimum absolute atomic E-state index is 0.179. The first kappa shape index (κ1) is 13.3. The number of benzene rings is 1. The van der Waals surface area contributed by atoms with Crippen LogP contribution in [0.25, 0.3) is 0 Å². The van der Waals surface area contributed by atoms with E-state index in [4.69, 9.17) is 4.52 Å². The van der Waals surface area contributed by atoms with E-state index in [2.05, 4.69) is 22.3 Å². The van der Waals surface area contributed by atoms with Crippen LogP contribution in [0.5, 0.6) is 0 Å². The third kappa shape index (κ3) is 2.35. The molecule has 106 valence electrons. The van der Waals surface area contributed by atoms with E-state index in [-0.39, 0.29) is 17.0 Å². The first-order valence-corrected chi connectivity index (χ1v) is 8.62. The van der Waals surface area contributed by atoms with Crippen LogP contribution >= 0.6 is 0 Å². The third-order valence-corrected chi connectivity index (χ3v) is 4.58. The molecule has 0 saturated heterocycles. The lowest BCUT2D eigenvalue weighted by Gasteiger charge is -2.38. The summed E-state index contributed by atoms with van der Waals surface area (Å²) in [5, 5.41) is 3.81. The normalized spacial score (nSPS) is 17.6. The van der Waals surface area contributed by atoms with Crippen molar-refractivity contribution < 1.29 is 12.9 Å². The first-order chi connectivity index (χ1) is 9.50. The second-order valence-electron chi connectivity index (χ2n) is 5.39. The van der Waals surface area contributed by atoms with Crippen molar-refractivity contribution in [2.24, 2.45) is 0 Å². The molecule has 1 aliphatic rings. The van der Waals surface area contributed by atoms with Crippen LogP contribution in [0.3, 0.4) is 0 Å². The molecule has 0 spiro atoms. The van der Waals surface area contributed by atoms with E-state index >= 15 is 0 Å². The second-order valence-corrected chi connectivity index (χ2v) is 7.53. The van der Waals surface area contributed by atoms with Crippen molar-refractivity contribution in [2.75, 3.05) is 6.26 Å². The third-order valence-electron chi connectivity index (χ3n) is 3.80. The monoisotopic (exact) mass is 292 g/mol. The molecule has 0 aliphatic heterocycles. The lowest BCUT2D eigenvalue weighted by Crippen LogP contribution is -2.35. The quantitative estimate of drug-likeness (QED) is 0.862. The summed E-state index contributed by atoms with van der Waals surface area (Å²) in [4.78, 5) is 4.31. The van der Waals surface area contributed by atoms with Crippen LogP contribution in [0.1, 0.15) is 36.5 Å². The number of hydrogen-bond donors (Lipinski definition) is 0. The average molecular weight is 292 g/mol. The summed E-state index contributed by atoms with van der Waals surface area (Å²) < 4.78 is 27.9. The Morgan fingerprint density at radius 3 is 2.50 bits per heavy atom. The molecular formula is C14H16N2O3S. The van der Waals surface area contributed by atoms with Gasteiger partial charge in [-0.3, -0.25) is 0 Å². The molecule has 1 saturated carbocycles. The maximum Gasteiger partial charge on any atom is 0.237 e. The molecule has 1 aromatic carbocycles. The van der Waals surface area contributed by atoms with Crippen molar-refractivity contribution in [1.29, 1.82) is 0 Å². The average Bonchev–Trinajstić information content (AvgIpc) is 2.75. The van der Waals surface area contributed by atoms with Gasteiger partial charge in [0.05, 0.1) is 5.41 Å². The fraction of sp³-hybridized carbons (Fsp3) is 0.429. The largest absolute Gasteiger partial charge is 0.338 e. The fourth-order valence-electron chi connectivity index (χ4n) is 2.66. The topological polar surface area (TPSA) is 73.1 Å². The molecule has 3 rings (SSSR count). The van der Waals surface area contributed by atoms with Gasteiger partial charge < -0.3 is 4.52 Å². The Morgan fingerprint density at radius 2 is 1.95 bits per heavy atom. The van der Waals surface area contributed by atoms with Crippen LogP contribution in [-0.4, -0.2) is 24.8 Å². The number of nitrogens with zero attached hydrogens (tertiary/aromatic N) is 2. The van der Waals surface area contributed by atoms with Crippen molar-refractivity contribution in [3.05, 3.63) is 47.6 Å². The van der Waals surface area contributed by atoms with Gasteiger partial charge in [0.15, 0.2) is 15.7 Å². The lowest BCUT2D eigenvalue weighted by atomic mass is 9.64. The van der Waals surface area contributed by atoms with Crippen molar-refractivity contribution in [3.8, 4) is 0 Å². The molecule has 6 heteroatoms. The Kier molecular flexibility index (Phi) is 3.12. The molecule has 0 N–H and O–H groups in total. The van der Waals surface area contributed by atoms with E-state index in [9.17, 15) is 8.42 Å². The zero-order valence-corrected chi connectivity index (χ0v) is 12.1. The van der Waals surface area contributed by atoms with E-state index in [1.54, 1.807) is 0 Å². The van der Waals surface area contributed by atoms with Gasteiger partial charge in [-0.15, -0.1) is 0 Å². The summed E-state index contributed by atoms with van der Waals surface area (Å²) in [5.74, 6) is 0.597. The van der Waals surface area contributed by atoms with Gasteiger partial charge in [0, 0.05) is 6.26 Å². The molecule has 0 amide bonds. The summed E-state index contributed by atoms with van der Waals surface area (Å²) in [6.07, 6.45) is 4.19. The van der Waals surface area contributed by atoms with Crippen LogP contribution in [0.2, 0.25) is 0 Å². The summed E-state index contributed by atoms with van der Waals surface area (Å²) in [7, 11) is -3.15. The zero-order chi connectivity index (χ0) is 14.2. The highest BCUT2D eigenvalue weighted by atomic mass is 32.2. The molecule has 1 aliphatic carbocycles. The van der Waals surface area contributed by atoms with Crippen LogP contribution in [0.15, 0.2) is 34.9 Å². The summed E-state index contributed by atoms with van der Waals surface area (Å²) in [5.41, 5.74) is 0.921. The van der Waals surface area contributed by atoms with E-state index in [0.29, 0.717) is 5.89 Å². The second kappa shape index (κ2) is 4.70. The van der Waals surface area contributed by atoms with Gasteiger partial charge in [0.1, 0.15) is 5.75 Å². The van der Waals surface area contributed by atoms with Crippen LogP contribution in [0, 0.1) is 0 Å². The number of aromatic nitrogens is 2. The minimum Gasteiger partial charge on any atom is -0.338 e. The van der Waals surface area contributed by atoms with E-state index in [1.165, 1.54) is 6.26 Å². The Hall–Kier alpha value is -1.69. The van der Waals surface area contributed by atoms with Gasteiger partial charge >= 0.3 is 0 Å². The Balaban J connectivity index is 1.95. The van der Waals surface area contributed by atoms with Crippen molar-refractivity contribution in [3.63, 3.8) is 0 Å². The smallest absolute Gasteiger partial charge is 0.237 e. The van der Waals surface area contributed by atoms with Gasteiger partial charge in [0.2, 0.25) is 5.89 Å². The van der Waals surface area contributed by atoms with Crippen molar-refractivity contribution in [1.82, 2.24) is 10.1 Å². The maximum absolute atomic E-state index is 11.3. The Morgan fingerprint density at radius 1 is 1.25 bits per heavy atom. The molecule has 1 heterocycles. The Bertz CT molecular complexity index is 703. The first-order valence-electron chi connectivity index (χ1n) is 6.56. The van der Waals surface area contributed by atoms with Gasteiger partial charge in [-0.2, -0.15) is 4.98 Å². The molecule has 1 aromatic heterocycles. The van der Waals surface area contributed by atoms with E-state index < -0.39 is 9.84 Å². The molecule has 0 radical (unpaired) electrons. The standard InChI is InChI=1S/C14H16N2O3S/c1-20(17,18)10-12-15-13(19-16-12)14(8-5-9-14)11-6-3-2-4-7-11/h2-4,6-7H,5,8-10H2,1H3. The molecule has 0 bridgehead atoms. The highest BCUT2D eigenvalue weighted by Gasteiger charge is 2.45. The van der Waals surface area contributed by atoms with Crippen LogP contribution in [0.4, 0.5) is 0 Å². The molecular weight excluding hydrogens is 276 g/mol. The van der Waals surface area contributed by atoms with Crippen LogP contribution in [-0.2, 0) is 21.0 Å². The number of rotatable bonds is 4. The molecule has 20 heavy (non-hydrogen) atoms. The van der Waals surface area contributed by atoms with E-state index in [0.717, 1.165) is 24.8 Å². The highest BCUT2D eigenvalue weighted by molar-refractivity contribution is 7.89. The molecule has 2 aromatic rings. The van der Waals surface area contributed by atoms with Crippen molar-refractivity contribution >= 4 is 9.84 Å². The van der Waals surface area contributed by atoms with Crippen LogP contribution < -0.4 is 0 Å². The fourth-order valence-corrected chi connectivity index (χ4v) is 3.24. The Labute approximate surface area is 117 Å². The van der Waals surface area contributed by atoms with Gasteiger partial charge in [-0.25, -0.2) is 8.42 Å². The predicted octanol–water partition coefficient (Wildman–Crippen LogP) is 2.08. The number of sulfone groups is 1. The molecule has 0 unspecified atom stereocenters. The summed E-state index contributed by atoms with van der Waals surface area (Å²) in [6, 6.07) is 10.1. The van der Waals surface area contributed by atoms with Gasteiger partial charge in [-0.05, 0) is 18.4 Å². The molecule has 0 atom stereocenters. The molecule has 1 fully saturated rings. The maximum atomic E-state index is 11.3. The predicted molar refractivity (Wildman–Crippen MR) is 73.9 cm³/mol. The zero-order valence-electron chi connectivity index (χ0n) is 11.2. The number of hydrogen-bond acceptors (Lipinski definition) is 5. The van der Waals surface area contributed by atoms with Gasteiger partial charge in [0.25, 0.3) is 0 Å². The van der Waals surface area contributed by atoms with E-state index in [1.807, 2.05) is 18.2 Å². The minimum atomic E-state index is -3.15. The van der Waals surface area contributed by atoms with Gasteiger partial charge in [-0.1, -0.05) is 41.9 Å².